The molecule has 0 unspecified atom stereocenters. The quantitative estimate of drug-likeness (QED) is 0.415. The van der Waals surface area contributed by atoms with Crippen molar-refractivity contribution < 1.29 is 29.0 Å². The second-order valence-electron chi connectivity index (χ2n) is 4.97. The molecule has 23 heavy (non-hydrogen) atoms. The summed E-state index contributed by atoms with van der Waals surface area (Å²) in [5, 5.41) is 10.4. The Balaban J connectivity index is 2.96. The number of nitrogens with zero attached hydrogens (tertiary/aromatic N) is 1. The van der Waals surface area contributed by atoms with Gasteiger partial charge in [-0.3, -0.25) is 9.78 Å². The Bertz CT molecular complexity index is 523. The van der Waals surface area contributed by atoms with E-state index in [1.54, 1.807) is 13.8 Å². The molecular weight excluding hydrogens is 302 g/mol. The predicted molar refractivity (Wildman–Crippen MR) is 80.6 cm³/mol. The second kappa shape index (κ2) is 8.99. The first-order valence-corrected chi connectivity index (χ1v) is 7.45. The van der Waals surface area contributed by atoms with Crippen molar-refractivity contribution in [3.8, 4) is 0 Å². The lowest BCUT2D eigenvalue weighted by molar-refractivity contribution is -0.183. The van der Waals surface area contributed by atoms with Gasteiger partial charge in [0.2, 0.25) is 0 Å². The van der Waals surface area contributed by atoms with Crippen LogP contribution in [0, 0.1) is 0 Å². The van der Waals surface area contributed by atoms with Crippen molar-refractivity contribution in [1.29, 1.82) is 0 Å². The number of hydrogen-bond acceptors (Lipinski definition) is 7. The van der Waals surface area contributed by atoms with E-state index < -0.39 is 29.7 Å². The molecule has 0 aromatic carbocycles. The molecule has 7 nitrogen and oxygen atoms in total. The van der Waals surface area contributed by atoms with Gasteiger partial charge in [-0.05, 0) is 25.0 Å². The number of hydrogen-bond donors (Lipinski definition) is 1. The van der Waals surface area contributed by atoms with Crippen LogP contribution in [0.25, 0.3) is 0 Å². The Labute approximate surface area is 134 Å². The van der Waals surface area contributed by atoms with Crippen LogP contribution in [0.5, 0.6) is 0 Å². The molecule has 0 atom stereocenters. The summed E-state index contributed by atoms with van der Waals surface area (Å²) in [5.41, 5.74) is -2.42. The van der Waals surface area contributed by atoms with E-state index >= 15 is 0 Å². The van der Waals surface area contributed by atoms with Gasteiger partial charge in [0.1, 0.15) is 0 Å². The Morgan fingerprint density at radius 1 is 1.04 bits per heavy atom. The van der Waals surface area contributed by atoms with E-state index in [2.05, 4.69) is 4.98 Å². The molecule has 1 aromatic heterocycles. The molecule has 0 saturated carbocycles. The van der Waals surface area contributed by atoms with E-state index in [0.717, 1.165) is 0 Å². The van der Waals surface area contributed by atoms with Crippen molar-refractivity contribution in [2.75, 3.05) is 13.2 Å². The number of esters is 2. The summed E-state index contributed by atoms with van der Waals surface area (Å²) >= 11 is 0. The molecule has 0 saturated heterocycles. The highest BCUT2D eigenvalue weighted by molar-refractivity contribution is 6.10. The van der Waals surface area contributed by atoms with Gasteiger partial charge in [0.15, 0.2) is 5.78 Å². The maximum atomic E-state index is 12.2. The number of aliphatic hydroxyl groups is 1. The van der Waals surface area contributed by atoms with Gasteiger partial charge < -0.3 is 14.6 Å². The first kappa shape index (κ1) is 18.8. The van der Waals surface area contributed by atoms with Crippen molar-refractivity contribution in [2.45, 2.75) is 38.7 Å². The maximum Gasteiger partial charge on any atom is 0.350 e. The minimum Gasteiger partial charge on any atom is -0.463 e. The summed E-state index contributed by atoms with van der Waals surface area (Å²) in [5.74, 6) is -2.94. The molecule has 0 spiro atoms. The number of ketones is 1. The van der Waals surface area contributed by atoms with Gasteiger partial charge in [0, 0.05) is 18.0 Å². The van der Waals surface area contributed by atoms with Crippen LogP contribution in [-0.4, -0.2) is 46.6 Å². The summed E-state index contributed by atoms with van der Waals surface area (Å²) in [6, 6.07) is 2.86. The van der Waals surface area contributed by atoms with Gasteiger partial charge in [0.05, 0.1) is 19.6 Å². The molecule has 1 aromatic rings. The average Bonchev–Trinajstić information content (AvgIpc) is 2.57. The standard InChI is InChI=1S/C16H21NO6/c1-3-9-22-14(19)16(21,15(20)23-10-4-2)11-13(18)12-5-7-17-8-6-12/h5-8,21H,3-4,9-11H2,1-2H3. The second-order valence-corrected chi connectivity index (χ2v) is 4.97. The van der Waals surface area contributed by atoms with Crippen molar-refractivity contribution in [2.24, 2.45) is 0 Å². The fourth-order valence-electron chi connectivity index (χ4n) is 1.73. The van der Waals surface area contributed by atoms with E-state index in [1.165, 1.54) is 24.5 Å². The van der Waals surface area contributed by atoms with Crippen LogP contribution in [0.3, 0.4) is 0 Å². The van der Waals surface area contributed by atoms with E-state index in [-0.39, 0.29) is 18.8 Å². The van der Waals surface area contributed by atoms with Gasteiger partial charge in [-0.1, -0.05) is 13.8 Å². The first-order chi connectivity index (χ1) is 11.0. The Morgan fingerprint density at radius 2 is 1.52 bits per heavy atom. The largest absolute Gasteiger partial charge is 0.463 e. The summed E-state index contributed by atoms with van der Waals surface area (Å²) in [4.78, 5) is 40.1. The van der Waals surface area contributed by atoms with Gasteiger partial charge in [0.25, 0.3) is 5.60 Å². The van der Waals surface area contributed by atoms with Crippen LogP contribution in [-0.2, 0) is 19.1 Å². The van der Waals surface area contributed by atoms with Crippen LogP contribution < -0.4 is 0 Å². The lowest BCUT2D eigenvalue weighted by atomic mass is 9.94. The lowest BCUT2D eigenvalue weighted by Crippen LogP contribution is -2.50. The molecule has 0 fully saturated rings. The molecule has 0 aliphatic carbocycles. The summed E-state index contributed by atoms with van der Waals surface area (Å²) in [6.45, 7) is 3.60. The zero-order chi connectivity index (χ0) is 17.3. The molecule has 1 heterocycles. The SMILES string of the molecule is CCCOC(=O)C(O)(CC(=O)c1ccncc1)C(=O)OCCC. The van der Waals surface area contributed by atoms with Crippen LogP contribution in [0.2, 0.25) is 0 Å². The first-order valence-electron chi connectivity index (χ1n) is 7.45. The van der Waals surface area contributed by atoms with E-state index in [4.69, 9.17) is 9.47 Å². The number of aromatic nitrogens is 1. The molecule has 0 radical (unpaired) electrons. The molecular formula is C16H21NO6. The van der Waals surface area contributed by atoms with Crippen LogP contribution in [0.15, 0.2) is 24.5 Å². The third-order valence-electron chi connectivity index (χ3n) is 2.97. The van der Waals surface area contributed by atoms with E-state index in [9.17, 15) is 19.5 Å². The minimum absolute atomic E-state index is 0.0334. The average molecular weight is 323 g/mol. The molecule has 1 N–H and O–H groups in total. The molecule has 1 rings (SSSR count). The van der Waals surface area contributed by atoms with Gasteiger partial charge >= 0.3 is 11.9 Å². The molecule has 0 bridgehead atoms. The Morgan fingerprint density at radius 3 is 1.96 bits per heavy atom. The van der Waals surface area contributed by atoms with E-state index in [0.29, 0.717) is 12.8 Å². The number of ether oxygens (including phenoxy) is 2. The lowest BCUT2D eigenvalue weighted by Gasteiger charge is -2.23. The number of carbonyl (C=O) groups is 3. The number of carbonyl (C=O) groups excluding carboxylic acids is 3. The fourth-order valence-corrected chi connectivity index (χ4v) is 1.73. The van der Waals surface area contributed by atoms with Gasteiger partial charge in [-0.25, -0.2) is 9.59 Å². The number of Topliss-reactive ketones (excluding diaryl/α,β-unsaturated/α-hetero) is 1. The summed E-state index contributed by atoms with van der Waals surface area (Å²) in [6.07, 6.45) is 3.09. The zero-order valence-electron chi connectivity index (χ0n) is 13.3. The Hall–Kier alpha value is -2.28. The van der Waals surface area contributed by atoms with Crippen molar-refractivity contribution >= 4 is 17.7 Å². The summed E-state index contributed by atoms with van der Waals surface area (Å²) < 4.78 is 9.68. The fraction of sp³-hybridized carbons (Fsp3) is 0.500. The third-order valence-corrected chi connectivity index (χ3v) is 2.97. The highest BCUT2D eigenvalue weighted by Gasteiger charge is 2.49. The number of pyridine rings is 1. The highest BCUT2D eigenvalue weighted by atomic mass is 16.6. The molecule has 0 amide bonds. The van der Waals surface area contributed by atoms with Crippen LogP contribution in [0.1, 0.15) is 43.5 Å². The molecule has 126 valence electrons. The topological polar surface area (TPSA) is 103 Å². The maximum absolute atomic E-state index is 12.2. The van der Waals surface area contributed by atoms with Crippen LogP contribution in [0.4, 0.5) is 0 Å². The number of rotatable bonds is 9. The Kier molecular flexibility index (Phi) is 7.34. The van der Waals surface area contributed by atoms with Gasteiger partial charge in [-0.15, -0.1) is 0 Å². The monoisotopic (exact) mass is 323 g/mol. The highest BCUT2D eigenvalue weighted by Crippen LogP contribution is 2.19. The van der Waals surface area contributed by atoms with Gasteiger partial charge in [-0.2, -0.15) is 0 Å². The van der Waals surface area contributed by atoms with Crippen molar-refractivity contribution in [1.82, 2.24) is 4.98 Å². The van der Waals surface area contributed by atoms with Crippen molar-refractivity contribution in [3.05, 3.63) is 30.1 Å². The van der Waals surface area contributed by atoms with Crippen LogP contribution >= 0.6 is 0 Å². The normalized spacial score (nSPS) is 10.9. The smallest absolute Gasteiger partial charge is 0.350 e. The van der Waals surface area contributed by atoms with E-state index in [1.807, 2.05) is 0 Å². The minimum atomic E-state index is -2.65. The summed E-state index contributed by atoms with van der Waals surface area (Å²) in [7, 11) is 0. The molecule has 7 heteroatoms. The third kappa shape index (κ3) is 5.14. The zero-order valence-corrected chi connectivity index (χ0v) is 13.3. The molecule has 0 aliphatic heterocycles. The molecule has 0 aliphatic rings. The van der Waals surface area contributed by atoms with Crippen molar-refractivity contribution in [3.63, 3.8) is 0 Å². The predicted octanol–water partition coefficient (Wildman–Crippen LogP) is 1.29.